The van der Waals surface area contributed by atoms with Crippen molar-refractivity contribution in [3.8, 4) is 11.1 Å². The molecule has 8 rings (SSSR count). The summed E-state index contributed by atoms with van der Waals surface area (Å²) in [5, 5.41) is 0. The van der Waals surface area contributed by atoms with Crippen molar-refractivity contribution in [3.63, 3.8) is 0 Å². The molecule has 2 heteroatoms. The Kier molecular flexibility index (Phi) is 10.7. The van der Waals surface area contributed by atoms with Crippen LogP contribution >= 0.6 is 0 Å². The van der Waals surface area contributed by atoms with Crippen molar-refractivity contribution in [2.75, 3.05) is 9.80 Å². The number of rotatable bonds is 12. The lowest BCUT2D eigenvalue weighted by Crippen LogP contribution is -2.17. The van der Waals surface area contributed by atoms with E-state index in [1.807, 2.05) is 0 Å². The van der Waals surface area contributed by atoms with E-state index in [2.05, 4.69) is 228 Å². The zero-order chi connectivity index (χ0) is 36.4. The minimum Gasteiger partial charge on any atom is -0.314 e. The van der Waals surface area contributed by atoms with Crippen LogP contribution < -0.4 is 9.80 Å². The number of nitrogens with zero attached hydrogens (tertiary/aromatic N) is 2. The van der Waals surface area contributed by atoms with Crippen molar-refractivity contribution in [1.82, 2.24) is 0 Å². The summed E-state index contributed by atoms with van der Waals surface area (Å²) in [7, 11) is 0. The molecule has 0 radical (unpaired) electrons. The molecule has 7 aromatic carbocycles. The Morgan fingerprint density at radius 2 is 0.833 bits per heavy atom. The molecule has 0 atom stereocenters. The molecule has 0 aromatic heterocycles. The molecule has 7 aromatic rings. The quantitative estimate of drug-likeness (QED) is 0.125. The van der Waals surface area contributed by atoms with Crippen molar-refractivity contribution in [2.45, 2.75) is 25.7 Å². The molecule has 0 heterocycles. The first-order valence-electron chi connectivity index (χ1n) is 18.9. The Morgan fingerprint density at radius 1 is 0.389 bits per heavy atom. The van der Waals surface area contributed by atoms with Gasteiger partial charge in [-0.05, 0) is 120 Å². The first-order valence-corrected chi connectivity index (χ1v) is 18.9. The van der Waals surface area contributed by atoms with Gasteiger partial charge in [-0.3, -0.25) is 0 Å². The molecule has 262 valence electrons. The van der Waals surface area contributed by atoms with Crippen molar-refractivity contribution >= 4 is 34.5 Å². The van der Waals surface area contributed by atoms with Gasteiger partial charge in [0, 0.05) is 34.1 Å². The molecule has 0 bridgehead atoms. The van der Waals surface area contributed by atoms with Gasteiger partial charge in [0.2, 0.25) is 0 Å². The van der Waals surface area contributed by atoms with Gasteiger partial charge in [-0.15, -0.1) is 0 Å². The summed E-state index contributed by atoms with van der Waals surface area (Å²) >= 11 is 0. The van der Waals surface area contributed by atoms with E-state index in [1.165, 1.54) is 50.5 Å². The molecule has 0 fully saturated rings. The molecule has 0 amide bonds. The van der Waals surface area contributed by atoms with E-state index >= 15 is 0 Å². The number of allylic oxidation sites excluding steroid dienone is 5. The van der Waals surface area contributed by atoms with E-state index in [-0.39, 0.29) is 0 Å². The molecule has 1 aliphatic carbocycles. The topological polar surface area (TPSA) is 6.48 Å². The second kappa shape index (κ2) is 16.8. The van der Waals surface area contributed by atoms with Crippen LogP contribution in [0, 0.1) is 0 Å². The fraction of sp³-hybridized carbons (Fsp3) is 0.0769. The molecule has 0 saturated heterocycles. The fourth-order valence-electron chi connectivity index (χ4n) is 7.22. The van der Waals surface area contributed by atoms with Gasteiger partial charge < -0.3 is 9.80 Å². The average Bonchev–Trinajstić information content (AvgIpc) is 3.24. The molecule has 0 aliphatic heterocycles. The summed E-state index contributed by atoms with van der Waals surface area (Å²) in [4.78, 5) is 4.73. The number of hydrogen-bond acceptors (Lipinski definition) is 2. The molecule has 0 saturated carbocycles. The molecule has 2 nitrogen and oxygen atoms in total. The summed E-state index contributed by atoms with van der Waals surface area (Å²) in [6.07, 6.45) is 13.1. The molecule has 0 N–H and O–H groups in total. The van der Waals surface area contributed by atoms with Crippen molar-refractivity contribution < 1.29 is 0 Å². The van der Waals surface area contributed by atoms with Crippen LogP contribution in [0.5, 0.6) is 0 Å². The van der Waals surface area contributed by atoms with E-state index in [1.54, 1.807) is 0 Å². The summed E-state index contributed by atoms with van der Waals surface area (Å²) < 4.78 is 0. The van der Waals surface area contributed by atoms with Gasteiger partial charge in [0.05, 0.1) is 0 Å². The van der Waals surface area contributed by atoms with Gasteiger partial charge in [0.1, 0.15) is 0 Å². The zero-order valence-electron chi connectivity index (χ0n) is 30.5. The molecular formula is C52H44N2. The third-order valence-corrected chi connectivity index (χ3v) is 10.0. The standard InChI is InChI=1S/C52H44N2/c1-5-14-41(15-6-1)18-13-19-42-24-32-49(33-25-42)53(47-20-9-3-10-21-47)51-36-28-45(29-37-51)46-30-38-52(39-31-46)54(48-22-11-4-12-23-48)50-34-26-44(27-35-50)40-43-16-7-2-8-17-43/h1-18,20-24,26-32,34-39H,19,25,33,40H2. The maximum Gasteiger partial charge on any atom is 0.0462 e. The maximum atomic E-state index is 2.41. The highest BCUT2D eigenvalue weighted by molar-refractivity contribution is 5.79. The summed E-state index contributed by atoms with van der Waals surface area (Å²) in [6.45, 7) is 0. The van der Waals surface area contributed by atoms with E-state index < -0.39 is 0 Å². The SMILES string of the molecule is C(=Cc1ccccc1)CC1=CC=C(N(c2ccccc2)c2ccc(-c3ccc(N(c4ccccc4)c4ccc(Cc5ccccc5)cc4)cc3)cc2)CC1. The van der Waals surface area contributed by atoms with Crippen molar-refractivity contribution in [3.05, 3.63) is 240 Å². The van der Waals surface area contributed by atoms with Crippen LogP contribution in [0.4, 0.5) is 28.4 Å². The van der Waals surface area contributed by atoms with Crippen molar-refractivity contribution in [1.29, 1.82) is 0 Å². The largest absolute Gasteiger partial charge is 0.314 e. The summed E-state index contributed by atoms with van der Waals surface area (Å²) in [5.74, 6) is 0. The van der Waals surface area contributed by atoms with Crippen LogP contribution in [0.25, 0.3) is 17.2 Å². The Bertz CT molecular complexity index is 2320. The number of hydrogen-bond donors (Lipinski definition) is 0. The Balaban J connectivity index is 1.01. The number of anilines is 5. The predicted molar refractivity (Wildman–Crippen MR) is 230 cm³/mol. The van der Waals surface area contributed by atoms with Crippen LogP contribution in [0.15, 0.2) is 224 Å². The van der Waals surface area contributed by atoms with Crippen LogP contribution in [0.3, 0.4) is 0 Å². The van der Waals surface area contributed by atoms with Crippen LogP contribution in [0.1, 0.15) is 36.0 Å². The highest BCUT2D eigenvalue weighted by atomic mass is 15.2. The smallest absolute Gasteiger partial charge is 0.0462 e. The third kappa shape index (κ3) is 8.36. The molecule has 0 spiro atoms. The second-order valence-corrected chi connectivity index (χ2v) is 13.8. The highest BCUT2D eigenvalue weighted by Crippen LogP contribution is 2.38. The summed E-state index contributed by atoms with van der Waals surface area (Å²) in [6, 6.07) is 69.4. The summed E-state index contributed by atoms with van der Waals surface area (Å²) in [5.41, 5.74) is 14.8. The predicted octanol–water partition coefficient (Wildman–Crippen LogP) is 14.3. The highest BCUT2D eigenvalue weighted by Gasteiger charge is 2.18. The van der Waals surface area contributed by atoms with Gasteiger partial charge in [-0.25, -0.2) is 0 Å². The van der Waals surface area contributed by atoms with Crippen molar-refractivity contribution in [2.24, 2.45) is 0 Å². The van der Waals surface area contributed by atoms with E-state index in [0.29, 0.717) is 0 Å². The van der Waals surface area contributed by atoms with Crippen LogP contribution in [-0.2, 0) is 6.42 Å². The monoisotopic (exact) mass is 696 g/mol. The fourth-order valence-corrected chi connectivity index (χ4v) is 7.22. The van der Waals surface area contributed by atoms with E-state index in [4.69, 9.17) is 0 Å². The van der Waals surface area contributed by atoms with Gasteiger partial charge in [0.25, 0.3) is 0 Å². The van der Waals surface area contributed by atoms with Gasteiger partial charge in [-0.1, -0.05) is 157 Å². The molecule has 0 unspecified atom stereocenters. The van der Waals surface area contributed by atoms with Gasteiger partial charge >= 0.3 is 0 Å². The lowest BCUT2D eigenvalue weighted by Gasteiger charge is -2.30. The minimum atomic E-state index is 0.923. The van der Waals surface area contributed by atoms with Gasteiger partial charge in [-0.2, -0.15) is 0 Å². The average molecular weight is 697 g/mol. The Hall–Kier alpha value is -6.64. The molecular weight excluding hydrogens is 653 g/mol. The second-order valence-electron chi connectivity index (χ2n) is 13.8. The zero-order valence-corrected chi connectivity index (χ0v) is 30.5. The number of benzene rings is 7. The lowest BCUT2D eigenvalue weighted by molar-refractivity contribution is 0.854. The first-order chi connectivity index (χ1) is 26.8. The van der Waals surface area contributed by atoms with E-state index in [9.17, 15) is 0 Å². The van der Waals surface area contributed by atoms with Crippen LogP contribution in [0.2, 0.25) is 0 Å². The van der Waals surface area contributed by atoms with E-state index in [0.717, 1.165) is 42.7 Å². The maximum absolute atomic E-state index is 2.41. The minimum absolute atomic E-state index is 0.923. The Morgan fingerprint density at radius 3 is 1.37 bits per heavy atom. The van der Waals surface area contributed by atoms with Crippen LogP contribution in [-0.4, -0.2) is 0 Å². The lowest BCUT2D eigenvalue weighted by atomic mass is 9.97. The van der Waals surface area contributed by atoms with Gasteiger partial charge in [0.15, 0.2) is 0 Å². The third-order valence-electron chi connectivity index (χ3n) is 10.0. The molecule has 54 heavy (non-hydrogen) atoms. The normalized spacial score (nSPS) is 12.6. The Labute approximate surface area is 320 Å². The number of para-hydroxylation sites is 2. The first kappa shape index (κ1) is 34.4. The molecule has 1 aliphatic rings.